The van der Waals surface area contributed by atoms with Crippen LogP contribution in [0.1, 0.15) is 5.56 Å². The first-order chi connectivity index (χ1) is 9.52. The highest BCUT2D eigenvalue weighted by molar-refractivity contribution is 5.80. The minimum atomic E-state index is -4.37. The Hall–Kier alpha value is -2.43. The number of hydrogen-bond donors (Lipinski definition) is 1. The fraction of sp³-hybridized carbons (Fsp3) is 0.0667. The lowest BCUT2D eigenvalue weighted by Gasteiger charge is -2.10. The SMILES string of the molecule is FC(F)(F)c1cccc(Oc2ccc3[nH]ccc3c2)c1. The molecule has 0 saturated heterocycles. The lowest BCUT2D eigenvalue weighted by atomic mass is 10.2. The van der Waals surface area contributed by atoms with Crippen molar-refractivity contribution in [3.63, 3.8) is 0 Å². The zero-order valence-electron chi connectivity index (χ0n) is 10.2. The van der Waals surface area contributed by atoms with E-state index in [2.05, 4.69) is 4.98 Å². The van der Waals surface area contributed by atoms with Gasteiger partial charge in [-0.05, 0) is 42.5 Å². The number of aromatic nitrogens is 1. The van der Waals surface area contributed by atoms with Gasteiger partial charge in [-0.15, -0.1) is 0 Å². The second-order valence-corrected chi connectivity index (χ2v) is 4.35. The summed E-state index contributed by atoms with van der Waals surface area (Å²) in [5.74, 6) is 0.658. The predicted octanol–water partition coefficient (Wildman–Crippen LogP) is 4.98. The van der Waals surface area contributed by atoms with Crippen LogP contribution >= 0.6 is 0 Å². The largest absolute Gasteiger partial charge is 0.457 e. The quantitative estimate of drug-likeness (QED) is 0.702. The van der Waals surface area contributed by atoms with E-state index >= 15 is 0 Å². The van der Waals surface area contributed by atoms with E-state index in [1.165, 1.54) is 12.1 Å². The first-order valence-corrected chi connectivity index (χ1v) is 5.95. The Balaban J connectivity index is 1.90. The van der Waals surface area contributed by atoms with Crippen molar-refractivity contribution >= 4 is 10.9 Å². The maximum atomic E-state index is 12.6. The van der Waals surface area contributed by atoms with Gasteiger partial charge in [-0.2, -0.15) is 13.2 Å². The third kappa shape index (κ3) is 2.47. The first-order valence-electron chi connectivity index (χ1n) is 5.95. The molecule has 0 aliphatic rings. The van der Waals surface area contributed by atoms with E-state index in [1.54, 1.807) is 18.3 Å². The predicted molar refractivity (Wildman–Crippen MR) is 69.8 cm³/mol. The summed E-state index contributed by atoms with van der Waals surface area (Å²) in [6, 6.07) is 12.0. The minimum Gasteiger partial charge on any atom is -0.457 e. The van der Waals surface area contributed by atoms with Gasteiger partial charge in [0.05, 0.1) is 5.56 Å². The maximum absolute atomic E-state index is 12.6. The highest BCUT2D eigenvalue weighted by Gasteiger charge is 2.30. The maximum Gasteiger partial charge on any atom is 0.416 e. The summed E-state index contributed by atoms with van der Waals surface area (Å²) in [6.45, 7) is 0. The summed E-state index contributed by atoms with van der Waals surface area (Å²) in [5.41, 5.74) is 0.221. The van der Waals surface area contributed by atoms with Gasteiger partial charge in [-0.1, -0.05) is 6.07 Å². The summed E-state index contributed by atoms with van der Waals surface area (Å²) >= 11 is 0. The number of benzene rings is 2. The number of hydrogen-bond acceptors (Lipinski definition) is 1. The molecule has 0 bridgehead atoms. The summed E-state index contributed by atoms with van der Waals surface area (Å²) in [7, 11) is 0. The molecule has 102 valence electrons. The average Bonchev–Trinajstić information content (AvgIpc) is 2.85. The Kier molecular flexibility index (Phi) is 2.89. The van der Waals surface area contributed by atoms with Crippen LogP contribution in [0.5, 0.6) is 11.5 Å². The van der Waals surface area contributed by atoms with Gasteiger partial charge in [0, 0.05) is 17.1 Å². The molecule has 20 heavy (non-hydrogen) atoms. The number of H-pyrrole nitrogens is 1. The molecule has 2 aromatic carbocycles. The van der Waals surface area contributed by atoms with Crippen molar-refractivity contribution in [3.05, 3.63) is 60.3 Å². The van der Waals surface area contributed by atoms with E-state index in [9.17, 15) is 13.2 Å². The van der Waals surface area contributed by atoms with Crippen molar-refractivity contribution < 1.29 is 17.9 Å². The first kappa shape index (κ1) is 12.6. The zero-order chi connectivity index (χ0) is 14.2. The number of alkyl halides is 3. The molecule has 2 nitrogen and oxygen atoms in total. The van der Waals surface area contributed by atoms with E-state index in [-0.39, 0.29) is 5.75 Å². The van der Waals surface area contributed by atoms with E-state index in [4.69, 9.17) is 4.74 Å². The molecular weight excluding hydrogens is 267 g/mol. The minimum absolute atomic E-state index is 0.162. The van der Waals surface area contributed by atoms with Crippen LogP contribution in [0.2, 0.25) is 0 Å². The van der Waals surface area contributed by atoms with Gasteiger partial charge < -0.3 is 9.72 Å². The molecule has 5 heteroatoms. The molecule has 1 aromatic heterocycles. The van der Waals surface area contributed by atoms with E-state index < -0.39 is 11.7 Å². The van der Waals surface area contributed by atoms with E-state index in [0.29, 0.717) is 5.75 Å². The van der Waals surface area contributed by atoms with Gasteiger partial charge >= 0.3 is 6.18 Å². The van der Waals surface area contributed by atoms with Crippen molar-refractivity contribution in [3.8, 4) is 11.5 Å². The summed E-state index contributed by atoms with van der Waals surface area (Å²) in [5, 5.41) is 0.939. The van der Waals surface area contributed by atoms with Crippen LogP contribution in [0.3, 0.4) is 0 Å². The summed E-state index contributed by atoms with van der Waals surface area (Å²) in [6.07, 6.45) is -2.58. The summed E-state index contributed by atoms with van der Waals surface area (Å²) < 4.78 is 43.3. The molecule has 0 amide bonds. The molecule has 0 saturated carbocycles. The van der Waals surface area contributed by atoms with Crippen LogP contribution in [0.4, 0.5) is 13.2 Å². The Labute approximate surface area is 112 Å². The molecule has 0 aliphatic heterocycles. The normalized spacial score (nSPS) is 11.8. The molecule has 0 fully saturated rings. The van der Waals surface area contributed by atoms with Gasteiger partial charge in [0.1, 0.15) is 11.5 Å². The Morgan fingerprint density at radius 3 is 2.50 bits per heavy atom. The van der Waals surface area contributed by atoms with E-state index in [0.717, 1.165) is 23.0 Å². The van der Waals surface area contributed by atoms with Crippen molar-refractivity contribution in [2.24, 2.45) is 0 Å². The molecule has 0 radical (unpaired) electrons. The third-order valence-corrected chi connectivity index (χ3v) is 2.92. The number of ether oxygens (including phenoxy) is 1. The highest BCUT2D eigenvalue weighted by Crippen LogP contribution is 2.33. The number of fused-ring (bicyclic) bond motifs is 1. The topological polar surface area (TPSA) is 25.0 Å². The van der Waals surface area contributed by atoms with Crippen LogP contribution in [0.15, 0.2) is 54.7 Å². The van der Waals surface area contributed by atoms with Crippen molar-refractivity contribution in [2.45, 2.75) is 6.18 Å². The Morgan fingerprint density at radius 2 is 1.70 bits per heavy atom. The average molecular weight is 277 g/mol. The number of nitrogens with one attached hydrogen (secondary N) is 1. The fourth-order valence-corrected chi connectivity index (χ4v) is 1.97. The van der Waals surface area contributed by atoms with Gasteiger partial charge in [0.2, 0.25) is 0 Å². The van der Waals surface area contributed by atoms with Crippen molar-refractivity contribution in [2.75, 3.05) is 0 Å². The van der Waals surface area contributed by atoms with Crippen LogP contribution in [0.25, 0.3) is 10.9 Å². The third-order valence-electron chi connectivity index (χ3n) is 2.92. The van der Waals surface area contributed by atoms with Gasteiger partial charge in [0.25, 0.3) is 0 Å². The van der Waals surface area contributed by atoms with Crippen LogP contribution in [-0.4, -0.2) is 4.98 Å². The molecular formula is C15H10F3NO. The number of aromatic amines is 1. The van der Waals surface area contributed by atoms with Gasteiger partial charge in [0.15, 0.2) is 0 Å². The van der Waals surface area contributed by atoms with Crippen molar-refractivity contribution in [1.29, 1.82) is 0 Å². The molecule has 1 N–H and O–H groups in total. The van der Waals surface area contributed by atoms with Crippen molar-refractivity contribution in [1.82, 2.24) is 4.98 Å². The second-order valence-electron chi connectivity index (χ2n) is 4.35. The molecule has 0 atom stereocenters. The molecule has 3 aromatic rings. The van der Waals surface area contributed by atoms with Crippen LogP contribution in [-0.2, 0) is 6.18 Å². The van der Waals surface area contributed by atoms with Crippen LogP contribution in [0, 0.1) is 0 Å². The molecule has 1 heterocycles. The smallest absolute Gasteiger partial charge is 0.416 e. The fourth-order valence-electron chi connectivity index (χ4n) is 1.97. The molecule has 0 aliphatic carbocycles. The standard InChI is InChI=1S/C15H10F3NO/c16-15(17,18)11-2-1-3-12(9-11)20-13-4-5-14-10(8-13)6-7-19-14/h1-9,19H. The number of rotatable bonds is 2. The second kappa shape index (κ2) is 4.59. The molecule has 0 spiro atoms. The van der Waals surface area contributed by atoms with Crippen LogP contribution < -0.4 is 4.74 Å². The highest BCUT2D eigenvalue weighted by atomic mass is 19.4. The monoisotopic (exact) mass is 277 g/mol. The molecule has 0 unspecified atom stereocenters. The number of halogens is 3. The lowest BCUT2D eigenvalue weighted by molar-refractivity contribution is -0.137. The van der Waals surface area contributed by atoms with Gasteiger partial charge in [-0.25, -0.2) is 0 Å². The molecule has 3 rings (SSSR count). The Morgan fingerprint density at radius 1 is 0.900 bits per heavy atom. The van der Waals surface area contributed by atoms with E-state index in [1.807, 2.05) is 12.1 Å². The van der Waals surface area contributed by atoms with Gasteiger partial charge in [-0.3, -0.25) is 0 Å². The summed E-state index contributed by atoms with van der Waals surface area (Å²) in [4.78, 5) is 3.04. The zero-order valence-corrected chi connectivity index (χ0v) is 10.2. The lowest BCUT2D eigenvalue weighted by Crippen LogP contribution is -2.04. The Bertz CT molecular complexity index is 746.